The van der Waals surface area contributed by atoms with Gasteiger partial charge in [0.15, 0.2) is 19.9 Å². The molecular weight excluding hydrogens is 536 g/mol. The minimum atomic E-state index is -1.98. The van der Waals surface area contributed by atoms with Crippen LogP contribution in [-0.2, 0) is 16.2 Å². The lowest BCUT2D eigenvalue weighted by Gasteiger charge is -2.36. The van der Waals surface area contributed by atoms with Crippen molar-refractivity contribution >= 4 is 8.32 Å². The van der Waals surface area contributed by atoms with Gasteiger partial charge in [0.1, 0.15) is 18.0 Å². The molecule has 0 radical (unpaired) electrons. The third kappa shape index (κ3) is 7.54. The second-order valence-corrected chi connectivity index (χ2v) is 16.4. The summed E-state index contributed by atoms with van der Waals surface area (Å²) in [6, 6.07) is 9.53. The number of aromatic nitrogens is 6. The van der Waals surface area contributed by atoms with E-state index in [1.165, 1.54) is 0 Å². The Bertz CT molecular complexity index is 1490. The van der Waals surface area contributed by atoms with Crippen LogP contribution in [0, 0.1) is 0 Å². The van der Waals surface area contributed by atoms with Crippen LogP contribution in [-0.4, -0.2) is 64.8 Å². The smallest absolute Gasteiger partial charge is 0.203 e. The van der Waals surface area contributed by atoms with Gasteiger partial charge in [-0.2, -0.15) is 10.2 Å². The molecule has 41 heavy (non-hydrogen) atoms. The van der Waals surface area contributed by atoms with Gasteiger partial charge in [-0.1, -0.05) is 39.0 Å². The standard InChI is InChI=1S/C30H40N6O4Si/c1-30(2,3)41(6,7)40-14-12-26(28-27(37)11-13-36(34-28)24-18-33-35(4)21-24)22-9-8-10-23(17-22)29-31-19-25(20-32-29)39-16-15-38-5/h8-11,13,17-21,26H,12,14-16H2,1-7H3. The van der Waals surface area contributed by atoms with Gasteiger partial charge in [-0.25, -0.2) is 14.6 Å². The number of ether oxygens (including phenoxy) is 2. The molecule has 1 aromatic carbocycles. The first kappa shape index (κ1) is 30.3. The Labute approximate surface area is 242 Å². The van der Waals surface area contributed by atoms with Crippen molar-refractivity contribution in [1.29, 1.82) is 0 Å². The summed E-state index contributed by atoms with van der Waals surface area (Å²) in [5.41, 5.74) is 2.89. The molecule has 0 saturated carbocycles. The highest BCUT2D eigenvalue weighted by atomic mass is 28.4. The Morgan fingerprint density at radius 1 is 1.02 bits per heavy atom. The highest BCUT2D eigenvalue weighted by molar-refractivity contribution is 6.74. The molecule has 10 nitrogen and oxygen atoms in total. The quantitative estimate of drug-likeness (QED) is 0.172. The maximum Gasteiger partial charge on any atom is 0.203 e. The molecule has 11 heteroatoms. The molecule has 0 spiro atoms. The number of hydrogen-bond donors (Lipinski definition) is 0. The molecule has 0 fully saturated rings. The van der Waals surface area contributed by atoms with E-state index >= 15 is 0 Å². The molecule has 3 heterocycles. The van der Waals surface area contributed by atoms with E-state index in [2.05, 4.69) is 48.9 Å². The first-order valence-electron chi connectivity index (χ1n) is 13.8. The van der Waals surface area contributed by atoms with Crippen LogP contribution in [0.3, 0.4) is 0 Å². The van der Waals surface area contributed by atoms with Gasteiger partial charge in [0.25, 0.3) is 0 Å². The van der Waals surface area contributed by atoms with E-state index in [-0.39, 0.29) is 16.4 Å². The molecule has 4 aromatic rings. The third-order valence-corrected chi connectivity index (χ3v) is 12.1. The van der Waals surface area contributed by atoms with Gasteiger partial charge in [-0.05, 0) is 36.2 Å². The van der Waals surface area contributed by atoms with Gasteiger partial charge in [0, 0.05) is 44.5 Å². The van der Waals surface area contributed by atoms with Crippen LogP contribution in [0.5, 0.6) is 5.75 Å². The number of methoxy groups -OCH3 is 1. The summed E-state index contributed by atoms with van der Waals surface area (Å²) in [7, 11) is 1.49. The fraction of sp³-hybridized carbons (Fsp3) is 0.433. The molecule has 3 aromatic heterocycles. The predicted molar refractivity (Wildman–Crippen MR) is 161 cm³/mol. The Balaban J connectivity index is 1.68. The van der Waals surface area contributed by atoms with Gasteiger partial charge in [-0.15, -0.1) is 0 Å². The van der Waals surface area contributed by atoms with E-state index in [0.717, 1.165) is 16.8 Å². The topological polar surface area (TPSA) is 106 Å². The van der Waals surface area contributed by atoms with Crippen molar-refractivity contribution in [3.05, 3.63) is 82.8 Å². The number of nitrogens with zero attached hydrogens (tertiary/aromatic N) is 6. The van der Waals surface area contributed by atoms with Gasteiger partial charge < -0.3 is 13.9 Å². The summed E-state index contributed by atoms with van der Waals surface area (Å²) in [4.78, 5) is 22.3. The molecule has 0 aliphatic carbocycles. The van der Waals surface area contributed by atoms with Gasteiger partial charge in [0.05, 0.1) is 31.4 Å². The second kappa shape index (κ2) is 12.9. The zero-order chi connectivity index (χ0) is 29.6. The molecule has 0 N–H and O–H groups in total. The summed E-state index contributed by atoms with van der Waals surface area (Å²) in [5, 5.41) is 9.13. The maximum atomic E-state index is 13.3. The Morgan fingerprint density at radius 2 is 1.78 bits per heavy atom. The molecule has 0 saturated heterocycles. The van der Waals surface area contributed by atoms with Crippen LogP contribution in [0.4, 0.5) is 0 Å². The van der Waals surface area contributed by atoms with Crippen molar-refractivity contribution in [1.82, 2.24) is 29.5 Å². The number of aryl methyl sites for hydroxylation is 1. The van der Waals surface area contributed by atoms with Crippen molar-refractivity contribution in [3.63, 3.8) is 0 Å². The largest absolute Gasteiger partial charge is 0.488 e. The van der Waals surface area contributed by atoms with Crippen LogP contribution >= 0.6 is 0 Å². The van der Waals surface area contributed by atoms with Crippen LogP contribution in [0.2, 0.25) is 18.1 Å². The van der Waals surface area contributed by atoms with Gasteiger partial charge in [-0.3, -0.25) is 9.48 Å². The molecule has 0 amide bonds. The van der Waals surface area contributed by atoms with Crippen molar-refractivity contribution in [2.75, 3.05) is 26.9 Å². The fourth-order valence-corrected chi connectivity index (χ4v) is 5.18. The summed E-state index contributed by atoms with van der Waals surface area (Å²) in [6.45, 7) is 12.6. The molecule has 1 atom stereocenters. The van der Waals surface area contributed by atoms with E-state index in [0.29, 0.717) is 43.5 Å². The minimum Gasteiger partial charge on any atom is -0.488 e. The molecule has 0 bridgehead atoms. The summed E-state index contributed by atoms with van der Waals surface area (Å²) in [6.07, 6.45) is 9.16. The Kier molecular flexibility index (Phi) is 9.52. The first-order valence-corrected chi connectivity index (χ1v) is 16.7. The lowest BCUT2D eigenvalue weighted by Crippen LogP contribution is -2.41. The average molecular weight is 577 g/mol. The van der Waals surface area contributed by atoms with Crippen molar-refractivity contribution < 1.29 is 13.9 Å². The molecule has 4 rings (SSSR count). The molecule has 218 valence electrons. The second-order valence-electron chi connectivity index (χ2n) is 11.5. The summed E-state index contributed by atoms with van der Waals surface area (Å²) in [5.74, 6) is 0.844. The van der Waals surface area contributed by atoms with Gasteiger partial charge in [0.2, 0.25) is 5.43 Å². The number of benzene rings is 1. The van der Waals surface area contributed by atoms with Crippen molar-refractivity contribution in [2.45, 2.75) is 51.2 Å². The monoisotopic (exact) mass is 576 g/mol. The molecular formula is C30H40N6O4Si. The van der Waals surface area contributed by atoms with Crippen LogP contribution in [0.1, 0.15) is 44.4 Å². The van der Waals surface area contributed by atoms with E-state index in [1.54, 1.807) is 47.3 Å². The highest BCUT2D eigenvalue weighted by Gasteiger charge is 2.37. The Hall–Kier alpha value is -3.67. The summed E-state index contributed by atoms with van der Waals surface area (Å²) >= 11 is 0. The average Bonchev–Trinajstić information content (AvgIpc) is 3.38. The van der Waals surface area contributed by atoms with Crippen LogP contribution in [0.15, 0.2) is 66.1 Å². The lowest BCUT2D eigenvalue weighted by atomic mass is 9.91. The normalized spacial score (nSPS) is 12.9. The van der Waals surface area contributed by atoms with Gasteiger partial charge >= 0.3 is 0 Å². The maximum absolute atomic E-state index is 13.3. The third-order valence-electron chi connectivity index (χ3n) is 7.53. The zero-order valence-electron chi connectivity index (χ0n) is 25.0. The molecule has 0 aliphatic heterocycles. The van der Waals surface area contributed by atoms with E-state index < -0.39 is 8.32 Å². The Morgan fingerprint density at radius 3 is 2.44 bits per heavy atom. The van der Waals surface area contributed by atoms with E-state index in [4.69, 9.17) is 19.0 Å². The predicted octanol–water partition coefficient (Wildman–Crippen LogP) is 4.99. The number of rotatable bonds is 12. The SMILES string of the molecule is COCCOc1cnc(-c2cccc(C(CCO[Si](C)(C)C(C)(C)C)c3nn(-c4cnn(C)c4)ccc3=O)c2)nc1. The van der Waals surface area contributed by atoms with E-state index in [1.807, 2.05) is 37.5 Å². The first-order chi connectivity index (χ1) is 19.5. The summed E-state index contributed by atoms with van der Waals surface area (Å²) < 4.78 is 20.6. The molecule has 1 unspecified atom stereocenters. The minimum absolute atomic E-state index is 0.0806. The van der Waals surface area contributed by atoms with Crippen molar-refractivity contribution in [3.8, 4) is 22.8 Å². The van der Waals surface area contributed by atoms with Crippen LogP contribution in [0.25, 0.3) is 17.1 Å². The lowest BCUT2D eigenvalue weighted by molar-refractivity contribution is 0.146. The molecule has 0 aliphatic rings. The van der Waals surface area contributed by atoms with E-state index in [9.17, 15) is 4.79 Å². The van der Waals surface area contributed by atoms with Crippen molar-refractivity contribution in [2.24, 2.45) is 7.05 Å². The number of hydrogen-bond acceptors (Lipinski definition) is 8. The van der Waals surface area contributed by atoms with Crippen LogP contribution < -0.4 is 10.2 Å². The fourth-order valence-electron chi connectivity index (χ4n) is 4.12. The highest BCUT2D eigenvalue weighted by Crippen LogP contribution is 2.37. The zero-order valence-corrected chi connectivity index (χ0v) is 26.0.